The van der Waals surface area contributed by atoms with Gasteiger partial charge in [-0.1, -0.05) is 6.92 Å². The SMILES string of the molecule is CCC1CN(S(=O)(=O)c2cc(C)c(Br)s2)CCC1=O. The maximum absolute atomic E-state index is 12.5. The highest BCUT2D eigenvalue weighted by Crippen LogP contribution is 2.33. The van der Waals surface area contributed by atoms with Gasteiger partial charge in [0.2, 0.25) is 0 Å². The number of sulfonamides is 1. The van der Waals surface area contributed by atoms with E-state index in [0.29, 0.717) is 30.1 Å². The van der Waals surface area contributed by atoms with Gasteiger partial charge in [0.05, 0.1) is 3.79 Å². The summed E-state index contributed by atoms with van der Waals surface area (Å²) < 4.78 is 27.7. The van der Waals surface area contributed by atoms with E-state index in [1.54, 1.807) is 6.07 Å². The molecule has 2 rings (SSSR count). The molecule has 0 N–H and O–H groups in total. The second kappa shape index (κ2) is 5.63. The summed E-state index contributed by atoms with van der Waals surface area (Å²) in [5.74, 6) is 0.0190. The van der Waals surface area contributed by atoms with Crippen LogP contribution in [0.1, 0.15) is 25.3 Å². The number of halogens is 1. The van der Waals surface area contributed by atoms with Crippen molar-refractivity contribution >= 4 is 43.1 Å². The van der Waals surface area contributed by atoms with Crippen LogP contribution in [-0.4, -0.2) is 31.6 Å². The highest BCUT2D eigenvalue weighted by molar-refractivity contribution is 9.11. The number of hydrogen-bond donors (Lipinski definition) is 0. The van der Waals surface area contributed by atoms with Crippen LogP contribution >= 0.6 is 27.3 Å². The summed E-state index contributed by atoms with van der Waals surface area (Å²) in [4.78, 5) is 11.7. The molecule has 0 radical (unpaired) electrons. The Morgan fingerprint density at radius 1 is 1.53 bits per heavy atom. The van der Waals surface area contributed by atoms with E-state index < -0.39 is 10.0 Å². The van der Waals surface area contributed by atoms with Crippen molar-refractivity contribution in [3.8, 4) is 0 Å². The van der Waals surface area contributed by atoms with Crippen LogP contribution in [0.25, 0.3) is 0 Å². The van der Waals surface area contributed by atoms with Crippen LogP contribution in [0.5, 0.6) is 0 Å². The normalized spacial score (nSPS) is 21.8. The van der Waals surface area contributed by atoms with Gasteiger partial charge in [0, 0.05) is 25.4 Å². The molecule has 1 aliphatic rings. The van der Waals surface area contributed by atoms with Crippen LogP contribution in [0.4, 0.5) is 0 Å². The number of carbonyl (C=O) groups excluding carboxylic acids is 1. The van der Waals surface area contributed by atoms with E-state index in [4.69, 9.17) is 0 Å². The van der Waals surface area contributed by atoms with E-state index >= 15 is 0 Å². The lowest BCUT2D eigenvalue weighted by atomic mass is 9.96. The number of piperidine rings is 1. The third-order valence-corrected chi connectivity index (χ3v) is 7.86. The minimum Gasteiger partial charge on any atom is -0.299 e. The monoisotopic (exact) mass is 365 g/mol. The van der Waals surface area contributed by atoms with Crippen LogP contribution in [0.3, 0.4) is 0 Å². The Balaban J connectivity index is 2.27. The first-order valence-electron chi connectivity index (χ1n) is 6.15. The van der Waals surface area contributed by atoms with Crippen LogP contribution < -0.4 is 0 Å². The molecular weight excluding hydrogens is 350 g/mol. The summed E-state index contributed by atoms with van der Waals surface area (Å²) in [5.41, 5.74) is 0.920. The number of nitrogens with zero attached hydrogens (tertiary/aromatic N) is 1. The Morgan fingerprint density at radius 2 is 2.21 bits per heavy atom. The van der Waals surface area contributed by atoms with Gasteiger partial charge >= 0.3 is 0 Å². The van der Waals surface area contributed by atoms with Gasteiger partial charge in [0.25, 0.3) is 10.0 Å². The Labute approximate surface area is 126 Å². The van der Waals surface area contributed by atoms with Gasteiger partial charge in [0.1, 0.15) is 9.99 Å². The Kier molecular flexibility index (Phi) is 4.49. The van der Waals surface area contributed by atoms with Crippen LogP contribution in [0.2, 0.25) is 0 Å². The number of rotatable bonds is 3. The lowest BCUT2D eigenvalue weighted by Gasteiger charge is -2.29. The summed E-state index contributed by atoms with van der Waals surface area (Å²) in [6.07, 6.45) is 1.02. The van der Waals surface area contributed by atoms with Crippen molar-refractivity contribution in [2.75, 3.05) is 13.1 Å². The quantitative estimate of drug-likeness (QED) is 0.827. The first-order valence-corrected chi connectivity index (χ1v) is 9.20. The maximum atomic E-state index is 12.5. The molecule has 0 spiro atoms. The molecule has 0 aromatic carbocycles. The highest BCUT2D eigenvalue weighted by Gasteiger charge is 2.34. The number of Topliss-reactive ketones (excluding diaryl/α,β-unsaturated/α-hetero) is 1. The molecule has 1 fully saturated rings. The zero-order valence-corrected chi connectivity index (χ0v) is 14.1. The summed E-state index contributed by atoms with van der Waals surface area (Å²) in [6.45, 7) is 4.40. The molecule has 0 saturated carbocycles. The van der Waals surface area contributed by atoms with Gasteiger partial charge in [-0.3, -0.25) is 4.79 Å². The molecule has 0 amide bonds. The second-order valence-electron chi connectivity index (χ2n) is 4.71. The minimum absolute atomic E-state index is 0.159. The molecule has 1 saturated heterocycles. The first kappa shape index (κ1) is 15.2. The molecule has 106 valence electrons. The topological polar surface area (TPSA) is 54.5 Å². The smallest absolute Gasteiger partial charge is 0.252 e. The van der Waals surface area contributed by atoms with Gasteiger partial charge in [0.15, 0.2) is 0 Å². The minimum atomic E-state index is -3.46. The summed E-state index contributed by atoms with van der Waals surface area (Å²) >= 11 is 4.58. The van der Waals surface area contributed by atoms with Crippen LogP contribution in [-0.2, 0) is 14.8 Å². The Bertz CT molecular complexity index is 575. The van der Waals surface area contributed by atoms with Gasteiger partial charge in [-0.25, -0.2) is 8.42 Å². The molecule has 1 atom stereocenters. The zero-order chi connectivity index (χ0) is 14.2. The van der Waals surface area contributed by atoms with Crippen molar-refractivity contribution in [1.29, 1.82) is 0 Å². The van der Waals surface area contributed by atoms with Gasteiger partial charge < -0.3 is 0 Å². The van der Waals surface area contributed by atoms with Crippen molar-refractivity contribution in [3.63, 3.8) is 0 Å². The number of thiophene rings is 1. The fraction of sp³-hybridized carbons (Fsp3) is 0.583. The molecule has 4 nitrogen and oxygen atoms in total. The van der Waals surface area contributed by atoms with E-state index in [9.17, 15) is 13.2 Å². The van der Waals surface area contributed by atoms with Crippen LogP contribution in [0, 0.1) is 12.8 Å². The predicted octanol–water partition coefficient (Wildman–Crippen LogP) is 2.81. The molecule has 0 bridgehead atoms. The summed E-state index contributed by atoms with van der Waals surface area (Å²) in [5, 5.41) is 0. The number of ketones is 1. The average Bonchev–Trinajstić information content (AvgIpc) is 2.70. The Morgan fingerprint density at radius 3 is 2.74 bits per heavy atom. The Hall–Kier alpha value is -0.240. The van der Waals surface area contributed by atoms with Crippen molar-refractivity contribution < 1.29 is 13.2 Å². The predicted molar refractivity (Wildman–Crippen MR) is 78.9 cm³/mol. The van der Waals surface area contributed by atoms with Gasteiger partial charge in [-0.2, -0.15) is 4.31 Å². The number of aryl methyl sites for hydroxylation is 1. The molecule has 2 heterocycles. The summed E-state index contributed by atoms with van der Waals surface area (Å²) in [6, 6.07) is 1.68. The number of hydrogen-bond acceptors (Lipinski definition) is 4. The maximum Gasteiger partial charge on any atom is 0.252 e. The van der Waals surface area contributed by atoms with E-state index in [0.717, 1.165) is 9.35 Å². The zero-order valence-electron chi connectivity index (χ0n) is 10.8. The average molecular weight is 366 g/mol. The molecule has 1 aromatic heterocycles. The standard InChI is InChI=1S/C12H16BrNO3S2/c1-3-9-7-14(5-4-10(9)15)19(16,17)11-6-8(2)12(13)18-11/h6,9H,3-5,7H2,1-2H3. The molecule has 1 unspecified atom stereocenters. The van der Waals surface area contributed by atoms with Crippen LogP contribution in [0.15, 0.2) is 14.1 Å². The highest BCUT2D eigenvalue weighted by atomic mass is 79.9. The molecule has 1 aliphatic heterocycles. The fourth-order valence-electron chi connectivity index (χ4n) is 2.14. The van der Waals surface area contributed by atoms with Gasteiger partial charge in [-0.05, 0) is 40.9 Å². The lowest BCUT2D eigenvalue weighted by Crippen LogP contribution is -2.43. The van der Waals surface area contributed by atoms with Crippen molar-refractivity contribution in [3.05, 3.63) is 15.4 Å². The fourth-order valence-corrected chi connectivity index (χ4v) is 6.01. The number of carbonyl (C=O) groups is 1. The largest absolute Gasteiger partial charge is 0.299 e. The van der Waals surface area contributed by atoms with Crippen molar-refractivity contribution in [2.24, 2.45) is 5.92 Å². The third-order valence-electron chi connectivity index (χ3n) is 3.41. The molecular formula is C12H16BrNO3S2. The van der Waals surface area contributed by atoms with E-state index in [1.165, 1.54) is 15.6 Å². The molecule has 7 heteroatoms. The molecule has 19 heavy (non-hydrogen) atoms. The molecule has 1 aromatic rings. The summed E-state index contributed by atoms with van der Waals surface area (Å²) in [7, 11) is -3.46. The van der Waals surface area contributed by atoms with E-state index in [1.807, 2.05) is 13.8 Å². The first-order chi connectivity index (χ1) is 8.86. The lowest BCUT2D eigenvalue weighted by molar-refractivity contribution is -0.125. The second-order valence-corrected chi connectivity index (χ2v) is 9.24. The van der Waals surface area contributed by atoms with Gasteiger partial charge in [-0.15, -0.1) is 11.3 Å². The van der Waals surface area contributed by atoms with Crippen molar-refractivity contribution in [2.45, 2.75) is 30.9 Å². The van der Waals surface area contributed by atoms with E-state index in [-0.39, 0.29) is 11.7 Å². The molecule has 0 aliphatic carbocycles. The van der Waals surface area contributed by atoms with E-state index in [2.05, 4.69) is 15.9 Å². The van der Waals surface area contributed by atoms with Crippen molar-refractivity contribution in [1.82, 2.24) is 4.31 Å². The third kappa shape index (κ3) is 2.94.